The van der Waals surface area contributed by atoms with Crippen molar-refractivity contribution in [3.63, 3.8) is 0 Å². The maximum atomic E-state index is 13.0. The molecule has 9 heteroatoms. The van der Waals surface area contributed by atoms with Gasteiger partial charge in [-0.3, -0.25) is 9.59 Å². The van der Waals surface area contributed by atoms with Gasteiger partial charge in [0.2, 0.25) is 4.96 Å². The smallest absolute Gasteiger partial charge is 0.308 e. The molecule has 0 atom stereocenters. The molecule has 0 aliphatic carbocycles. The second-order valence-corrected chi connectivity index (χ2v) is 8.61. The first-order valence-corrected chi connectivity index (χ1v) is 11.8. The van der Waals surface area contributed by atoms with Crippen molar-refractivity contribution in [2.75, 3.05) is 13.7 Å². The monoisotopic (exact) mass is 479 g/mol. The minimum absolute atomic E-state index is 0.275. The average molecular weight is 480 g/mol. The number of hydrogen-bond donors (Lipinski definition) is 0. The fraction of sp³-hybridized carbons (Fsp3) is 0.280. The molecule has 0 bridgehead atoms. The first kappa shape index (κ1) is 23.4. The Hall–Kier alpha value is -3.72. The van der Waals surface area contributed by atoms with E-state index in [1.807, 2.05) is 18.2 Å². The Labute approximate surface area is 200 Å². The molecule has 0 fully saturated rings. The third-order valence-corrected chi connectivity index (χ3v) is 6.01. The van der Waals surface area contributed by atoms with E-state index >= 15 is 0 Å². The SMILES string of the molecule is CCCCCOc1ccc(C=c2sc3nc(-c4ccccc4OC(C)=O)nn3c2=O)cc1OC. The van der Waals surface area contributed by atoms with Gasteiger partial charge in [-0.05, 0) is 42.3 Å². The number of benzene rings is 2. The van der Waals surface area contributed by atoms with Crippen molar-refractivity contribution in [1.29, 1.82) is 0 Å². The highest BCUT2D eigenvalue weighted by Crippen LogP contribution is 2.29. The molecule has 0 saturated carbocycles. The molecule has 2 aromatic carbocycles. The van der Waals surface area contributed by atoms with Crippen LogP contribution in [0.5, 0.6) is 17.2 Å². The summed E-state index contributed by atoms with van der Waals surface area (Å²) < 4.78 is 18.3. The molecule has 2 heterocycles. The van der Waals surface area contributed by atoms with Crippen LogP contribution in [0.4, 0.5) is 0 Å². The Balaban J connectivity index is 1.63. The number of para-hydroxylation sites is 1. The van der Waals surface area contributed by atoms with E-state index in [2.05, 4.69) is 17.0 Å². The third kappa shape index (κ3) is 5.09. The van der Waals surface area contributed by atoms with Gasteiger partial charge in [0.25, 0.3) is 5.56 Å². The van der Waals surface area contributed by atoms with E-state index in [9.17, 15) is 9.59 Å². The summed E-state index contributed by atoms with van der Waals surface area (Å²) >= 11 is 1.23. The van der Waals surface area contributed by atoms with Gasteiger partial charge >= 0.3 is 5.97 Å². The Morgan fingerprint density at radius 3 is 2.68 bits per heavy atom. The standard InChI is InChI=1S/C25H25N3O5S/c1-4-5-8-13-32-20-12-11-17(14-21(20)31-3)15-22-24(30)28-25(34-22)26-23(27-28)18-9-6-7-10-19(18)33-16(2)29/h6-7,9-12,14-15H,4-5,8,13H2,1-3H3. The third-order valence-electron chi connectivity index (χ3n) is 5.05. The molecule has 34 heavy (non-hydrogen) atoms. The van der Waals surface area contributed by atoms with Crippen LogP contribution in [0.25, 0.3) is 22.4 Å². The number of hydrogen-bond acceptors (Lipinski definition) is 8. The summed E-state index contributed by atoms with van der Waals surface area (Å²) in [7, 11) is 1.59. The van der Waals surface area contributed by atoms with Crippen LogP contribution in [0.3, 0.4) is 0 Å². The molecule has 0 unspecified atom stereocenters. The highest BCUT2D eigenvalue weighted by Gasteiger charge is 2.16. The van der Waals surface area contributed by atoms with Crippen LogP contribution in [-0.2, 0) is 4.79 Å². The second kappa shape index (κ2) is 10.5. The lowest BCUT2D eigenvalue weighted by Crippen LogP contribution is -2.23. The molecule has 0 saturated heterocycles. The summed E-state index contributed by atoms with van der Waals surface area (Å²) in [5, 5.41) is 4.36. The molecule has 176 valence electrons. The molecular formula is C25H25N3O5S. The molecule has 8 nitrogen and oxygen atoms in total. The van der Waals surface area contributed by atoms with Gasteiger partial charge in [0, 0.05) is 6.92 Å². The lowest BCUT2D eigenvalue weighted by Gasteiger charge is -2.11. The summed E-state index contributed by atoms with van der Waals surface area (Å²) in [6.07, 6.45) is 5.01. The lowest BCUT2D eigenvalue weighted by atomic mass is 10.2. The predicted octanol–water partition coefficient (Wildman–Crippen LogP) is 3.87. The number of carbonyl (C=O) groups is 1. The predicted molar refractivity (Wildman–Crippen MR) is 131 cm³/mol. The van der Waals surface area contributed by atoms with Gasteiger partial charge in [-0.15, -0.1) is 5.10 Å². The van der Waals surface area contributed by atoms with Crippen LogP contribution >= 0.6 is 11.3 Å². The first-order valence-electron chi connectivity index (χ1n) is 11.0. The number of nitrogens with zero attached hydrogens (tertiary/aromatic N) is 3. The van der Waals surface area contributed by atoms with E-state index < -0.39 is 5.97 Å². The molecule has 4 aromatic rings. The molecular weight excluding hydrogens is 454 g/mol. The number of ether oxygens (including phenoxy) is 3. The van der Waals surface area contributed by atoms with Gasteiger partial charge in [-0.2, -0.15) is 9.50 Å². The summed E-state index contributed by atoms with van der Waals surface area (Å²) in [4.78, 5) is 29.3. The van der Waals surface area contributed by atoms with Crippen molar-refractivity contribution in [2.24, 2.45) is 0 Å². The highest BCUT2D eigenvalue weighted by atomic mass is 32.1. The minimum atomic E-state index is -0.442. The van der Waals surface area contributed by atoms with Crippen LogP contribution in [0, 0.1) is 0 Å². The van der Waals surface area contributed by atoms with E-state index in [-0.39, 0.29) is 5.56 Å². The summed E-state index contributed by atoms with van der Waals surface area (Å²) in [5.41, 5.74) is 1.07. The number of esters is 1. The molecule has 0 spiro atoms. The molecule has 0 N–H and O–H groups in total. The Kier molecular flexibility index (Phi) is 7.22. The molecule has 2 aromatic heterocycles. The van der Waals surface area contributed by atoms with Gasteiger partial charge < -0.3 is 14.2 Å². The number of fused-ring (bicyclic) bond motifs is 1. The minimum Gasteiger partial charge on any atom is -0.493 e. The van der Waals surface area contributed by atoms with Crippen LogP contribution in [0.1, 0.15) is 38.7 Å². The van der Waals surface area contributed by atoms with Gasteiger partial charge in [-0.25, -0.2) is 0 Å². The number of rotatable bonds is 9. The van der Waals surface area contributed by atoms with Crippen molar-refractivity contribution in [2.45, 2.75) is 33.1 Å². The van der Waals surface area contributed by atoms with Crippen molar-refractivity contribution >= 4 is 28.3 Å². The van der Waals surface area contributed by atoms with E-state index in [4.69, 9.17) is 14.2 Å². The fourth-order valence-electron chi connectivity index (χ4n) is 3.42. The molecule has 0 aliphatic heterocycles. The number of carbonyl (C=O) groups excluding carboxylic acids is 1. The largest absolute Gasteiger partial charge is 0.493 e. The zero-order valence-corrected chi connectivity index (χ0v) is 20.1. The fourth-order valence-corrected chi connectivity index (χ4v) is 4.33. The maximum Gasteiger partial charge on any atom is 0.308 e. The van der Waals surface area contributed by atoms with E-state index in [1.54, 1.807) is 37.5 Å². The first-order chi connectivity index (χ1) is 16.5. The topological polar surface area (TPSA) is 92.0 Å². The van der Waals surface area contributed by atoms with Gasteiger partial charge in [0.05, 0.1) is 23.8 Å². The van der Waals surface area contributed by atoms with Crippen molar-refractivity contribution in [3.8, 4) is 28.6 Å². The van der Waals surface area contributed by atoms with Crippen molar-refractivity contribution < 1.29 is 19.0 Å². The summed E-state index contributed by atoms with van der Waals surface area (Å²) in [6.45, 7) is 4.11. The van der Waals surface area contributed by atoms with E-state index in [0.29, 0.717) is 44.7 Å². The second-order valence-electron chi connectivity index (χ2n) is 7.60. The van der Waals surface area contributed by atoms with Gasteiger partial charge in [0.1, 0.15) is 5.75 Å². The summed E-state index contributed by atoms with van der Waals surface area (Å²) in [6, 6.07) is 12.5. The van der Waals surface area contributed by atoms with Crippen molar-refractivity contribution in [3.05, 3.63) is 62.9 Å². The number of thiazole rings is 1. The van der Waals surface area contributed by atoms with Crippen LogP contribution < -0.4 is 24.3 Å². The van der Waals surface area contributed by atoms with Gasteiger partial charge in [0.15, 0.2) is 17.3 Å². The zero-order valence-electron chi connectivity index (χ0n) is 19.2. The number of methoxy groups -OCH3 is 1. The Morgan fingerprint density at radius 1 is 1.12 bits per heavy atom. The van der Waals surface area contributed by atoms with Crippen molar-refractivity contribution in [1.82, 2.24) is 14.6 Å². The van der Waals surface area contributed by atoms with Crippen LogP contribution in [-0.4, -0.2) is 34.3 Å². The Morgan fingerprint density at radius 2 is 1.94 bits per heavy atom. The zero-order chi connectivity index (χ0) is 24.1. The number of aromatic nitrogens is 3. The average Bonchev–Trinajstić information content (AvgIpc) is 3.36. The lowest BCUT2D eigenvalue weighted by molar-refractivity contribution is -0.131. The van der Waals surface area contributed by atoms with Crippen LogP contribution in [0.15, 0.2) is 47.3 Å². The van der Waals surface area contributed by atoms with E-state index in [1.165, 1.54) is 22.8 Å². The molecule has 0 radical (unpaired) electrons. The highest BCUT2D eigenvalue weighted by molar-refractivity contribution is 7.15. The molecule has 0 aliphatic rings. The van der Waals surface area contributed by atoms with E-state index in [0.717, 1.165) is 24.8 Å². The van der Waals surface area contributed by atoms with Gasteiger partial charge in [-0.1, -0.05) is 49.3 Å². The normalized spacial score (nSPS) is 11.7. The quantitative estimate of drug-likeness (QED) is 0.204. The number of unbranched alkanes of at least 4 members (excludes halogenated alkanes) is 2. The molecule has 4 rings (SSSR count). The summed E-state index contributed by atoms with van der Waals surface area (Å²) in [5.74, 6) is 1.51. The van der Waals surface area contributed by atoms with Crippen LogP contribution in [0.2, 0.25) is 0 Å². The maximum absolute atomic E-state index is 13.0. The molecule has 0 amide bonds. The Bertz CT molecular complexity index is 1430.